The summed E-state index contributed by atoms with van der Waals surface area (Å²) < 4.78 is 6.50. The molecule has 3 nitrogen and oxygen atoms in total. The topological polar surface area (TPSA) is 42.1 Å². The number of aromatic amines is 1. The molecule has 1 N–H and O–H groups in total. The van der Waals surface area contributed by atoms with E-state index in [4.69, 9.17) is 16.3 Å². The Labute approximate surface area is 158 Å². The Balaban J connectivity index is 1.92. The van der Waals surface area contributed by atoms with Crippen molar-refractivity contribution in [1.29, 1.82) is 0 Å². The highest BCUT2D eigenvalue weighted by Crippen LogP contribution is 2.27. The second-order valence-electron chi connectivity index (χ2n) is 5.47. The third-order valence-electron chi connectivity index (χ3n) is 3.70. The van der Waals surface area contributed by atoms with Gasteiger partial charge < -0.3 is 9.72 Å². The molecule has 0 aliphatic rings. The zero-order chi connectivity index (χ0) is 17.3. The van der Waals surface area contributed by atoms with Crippen molar-refractivity contribution < 1.29 is 4.74 Å². The first-order valence-corrected chi connectivity index (χ1v) is 8.84. The number of aryl methyl sites for hydroxylation is 2. The number of nitrogens with one attached hydrogen (secondary N) is 1. The Bertz CT molecular complexity index is 931. The second-order valence-corrected chi connectivity index (χ2v) is 6.99. The van der Waals surface area contributed by atoms with Crippen molar-refractivity contribution in [2.45, 2.75) is 13.8 Å². The zero-order valence-corrected chi connectivity index (χ0v) is 16.1. The van der Waals surface area contributed by atoms with Crippen LogP contribution >= 0.6 is 34.2 Å². The number of pyridine rings is 1. The van der Waals surface area contributed by atoms with Crippen LogP contribution in [0.25, 0.3) is 11.1 Å². The van der Waals surface area contributed by atoms with E-state index in [1.54, 1.807) is 12.1 Å². The molecule has 0 saturated heterocycles. The largest absolute Gasteiger partial charge is 0.457 e. The fourth-order valence-electron chi connectivity index (χ4n) is 2.52. The van der Waals surface area contributed by atoms with Crippen LogP contribution in [0.15, 0.2) is 53.3 Å². The van der Waals surface area contributed by atoms with Crippen LogP contribution in [0.5, 0.6) is 11.5 Å². The van der Waals surface area contributed by atoms with Gasteiger partial charge >= 0.3 is 0 Å². The molecule has 0 spiro atoms. The number of hydrogen-bond donors (Lipinski definition) is 1. The molecule has 5 heteroatoms. The number of benzene rings is 2. The number of halogens is 2. The van der Waals surface area contributed by atoms with Gasteiger partial charge in [-0.15, -0.1) is 0 Å². The Morgan fingerprint density at radius 1 is 0.917 bits per heavy atom. The summed E-state index contributed by atoms with van der Waals surface area (Å²) in [7, 11) is 0. The lowest BCUT2D eigenvalue weighted by atomic mass is 10.0. The van der Waals surface area contributed by atoms with Gasteiger partial charge in [0.25, 0.3) is 0 Å². The molecule has 0 amide bonds. The van der Waals surface area contributed by atoms with E-state index in [0.717, 1.165) is 20.5 Å². The van der Waals surface area contributed by atoms with Gasteiger partial charge in [-0.2, -0.15) is 0 Å². The van der Waals surface area contributed by atoms with Crippen LogP contribution < -0.4 is 10.2 Å². The normalized spacial score (nSPS) is 10.7. The predicted molar refractivity (Wildman–Crippen MR) is 106 cm³/mol. The van der Waals surface area contributed by atoms with Crippen LogP contribution in [0.1, 0.15) is 11.4 Å². The van der Waals surface area contributed by atoms with Crippen molar-refractivity contribution in [2.24, 2.45) is 0 Å². The molecule has 0 radical (unpaired) electrons. The predicted octanol–water partition coefficient (Wildman–Crippen LogP) is 5.71. The molecule has 3 aromatic rings. The van der Waals surface area contributed by atoms with Crippen LogP contribution in [0.2, 0.25) is 5.02 Å². The van der Waals surface area contributed by atoms with Gasteiger partial charge in [0.1, 0.15) is 11.5 Å². The van der Waals surface area contributed by atoms with Gasteiger partial charge in [0.05, 0.1) is 3.57 Å². The lowest BCUT2D eigenvalue weighted by molar-refractivity contribution is 0.483. The summed E-state index contributed by atoms with van der Waals surface area (Å²) in [6.45, 7) is 3.82. The summed E-state index contributed by atoms with van der Waals surface area (Å²) in [6.07, 6.45) is 0. The minimum absolute atomic E-state index is 0.0516. The van der Waals surface area contributed by atoms with E-state index in [1.807, 2.05) is 50.2 Å². The monoisotopic (exact) mass is 451 g/mol. The maximum Gasteiger partial charge on any atom is 0.203 e. The summed E-state index contributed by atoms with van der Waals surface area (Å²) in [5.74, 6) is 1.42. The Morgan fingerprint density at radius 3 is 2.04 bits per heavy atom. The van der Waals surface area contributed by atoms with E-state index in [-0.39, 0.29) is 5.43 Å². The number of ether oxygens (including phenoxy) is 1. The lowest BCUT2D eigenvalue weighted by Gasteiger charge is -2.10. The smallest absolute Gasteiger partial charge is 0.203 e. The van der Waals surface area contributed by atoms with Crippen molar-refractivity contribution >= 4 is 34.2 Å². The fraction of sp³-hybridized carbons (Fsp3) is 0.105. The van der Waals surface area contributed by atoms with Crippen molar-refractivity contribution in [1.82, 2.24) is 4.98 Å². The zero-order valence-electron chi connectivity index (χ0n) is 13.2. The SMILES string of the molecule is Cc1[nH]c(C)c(-c2ccc(Oc3ccc(Cl)cc3)cc2)c(=O)c1I. The molecule has 0 atom stereocenters. The minimum atomic E-state index is 0.0516. The van der Waals surface area contributed by atoms with E-state index in [0.29, 0.717) is 22.1 Å². The van der Waals surface area contributed by atoms with Gasteiger partial charge in [-0.05, 0) is 78.4 Å². The van der Waals surface area contributed by atoms with Gasteiger partial charge in [-0.25, -0.2) is 0 Å². The maximum atomic E-state index is 12.5. The summed E-state index contributed by atoms with van der Waals surface area (Å²) in [5.41, 5.74) is 3.38. The third kappa shape index (κ3) is 3.49. The molecule has 24 heavy (non-hydrogen) atoms. The van der Waals surface area contributed by atoms with Crippen molar-refractivity contribution in [2.75, 3.05) is 0 Å². The number of rotatable bonds is 3. The molecular weight excluding hydrogens is 437 g/mol. The Kier molecular flexibility index (Phi) is 4.96. The van der Waals surface area contributed by atoms with Crippen molar-refractivity contribution in [3.63, 3.8) is 0 Å². The van der Waals surface area contributed by atoms with Crippen molar-refractivity contribution in [3.05, 3.63) is 78.7 Å². The molecule has 0 fully saturated rings. The van der Waals surface area contributed by atoms with E-state index in [1.165, 1.54) is 0 Å². The molecular formula is C19H15ClINO2. The summed E-state index contributed by atoms with van der Waals surface area (Å²) in [5, 5.41) is 0.668. The van der Waals surface area contributed by atoms with Gasteiger partial charge in [0, 0.05) is 22.0 Å². The lowest BCUT2D eigenvalue weighted by Crippen LogP contribution is -2.14. The van der Waals surface area contributed by atoms with E-state index < -0.39 is 0 Å². The molecule has 3 rings (SSSR count). The molecule has 0 unspecified atom stereocenters. The molecule has 122 valence electrons. The van der Waals surface area contributed by atoms with Crippen LogP contribution in [0.4, 0.5) is 0 Å². The summed E-state index contributed by atoms with van der Waals surface area (Å²) in [4.78, 5) is 15.8. The van der Waals surface area contributed by atoms with Crippen molar-refractivity contribution in [3.8, 4) is 22.6 Å². The van der Waals surface area contributed by atoms with E-state index in [9.17, 15) is 4.79 Å². The van der Waals surface area contributed by atoms with Gasteiger partial charge in [0.2, 0.25) is 5.43 Å². The molecule has 0 saturated carbocycles. The highest BCUT2D eigenvalue weighted by atomic mass is 127. The molecule has 0 aliphatic heterocycles. The summed E-state index contributed by atoms with van der Waals surface area (Å²) >= 11 is 7.95. The van der Waals surface area contributed by atoms with E-state index >= 15 is 0 Å². The first kappa shape index (κ1) is 17.0. The van der Waals surface area contributed by atoms with Crippen LogP contribution in [0.3, 0.4) is 0 Å². The Morgan fingerprint density at radius 2 is 1.46 bits per heavy atom. The van der Waals surface area contributed by atoms with Crippen LogP contribution in [0, 0.1) is 17.4 Å². The van der Waals surface area contributed by atoms with Gasteiger partial charge in [-0.3, -0.25) is 4.79 Å². The van der Waals surface area contributed by atoms with Crippen LogP contribution in [-0.2, 0) is 0 Å². The average molecular weight is 452 g/mol. The average Bonchev–Trinajstić information content (AvgIpc) is 2.56. The maximum absolute atomic E-state index is 12.5. The molecule has 0 bridgehead atoms. The van der Waals surface area contributed by atoms with Gasteiger partial charge in [0.15, 0.2) is 0 Å². The van der Waals surface area contributed by atoms with Crippen LogP contribution in [-0.4, -0.2) is 4.98 Å². The number of hydrogen-bond acceptors (Lipinski definition) is 2. The quantitative estimate of drug-likeness (QED) is 0.518. The standard InChI is InChI=1S/C19H15ClINO2/c1-11-17(19(23)18(21)12(2)22-11)13-3-7-15(8-4-13)24-16-9-5-14(20)6-10-16/h3-10H,1-2H3,(H,22,23). The molecule has 1 aromatic heterocycles. The fourth-order valence-corrected chi connectivity index (χ4v) is 3.06. The molecule has 2 aromatic carbocycles. The molecule has 0 aliphatic carbocycles. The Hall–Kier alpha value is -1.79. The number of H-pyrrole nitrogens is 1. The highest BCUT2D eigenvalue weighted by Gasteiger charge is 2.12. The minimum Gasteiger partial charge on any atom is -0.457 e. The summed E-state index contributed by atoms with van der Waals surface area (Å²) in [6, 6.07) is 14.7. The highest BCUT2D eigenvalue weighted by molar-refractivity contribution is 14.1. The third-order valence-corrected chi connectivity index (χ3v) is 5.25. The first-order valence-electron chi connectivity index (χ1n) is 7.38. The van der Waals surface area contributed by atoms with E-state index in [2.05, 4.69) is 27.6 Å². The molecule has 1 heterocycles. The second kappa shape index (κ2) is 6.99. The first-order chi connectivity index (χ1) is 11.5. The number of aromatic nitrogens is 1. The van der Waals surface area contributed by atoms with Gasteiger partial charge in [-0.1, -0.05) is 23.7 Å².